The molecule has 2 aromatic carbocycles. The van der Waals surface area contributed by atoms with Gasteiger partial charge in [-0.3, -0.25) is 9.59 Å². The van der Waals surface area contributed by atoms with Gasteiger partial charge in [0, 0.05) is 17.9 Å². The van der Waals surface area contributed by atoms with Crippen molar-refractivity contribution in [1.29, 1.82) is 0 Å². The van der Waals surface area contributed by atoms with Gasteiger partial charge in [0.05, 0.1) is 5.56 Å². The zero-order valence-corrected chi connectivity index (χ0v) is 11.2. The van der Waals surface area contributed by atoms with Crippen LogP contribution in [0.2, 0.25) is 0 Å². The van der Waals surface area contributed by atoms with E-state index in [0.717, 1.165) is 0 Å². The zero-order chi connectivity index (χ0) is 15.0. The summed E-state index contributed by atoms with van der Waals surface area (Å²) >= 11 is 0. The van der Waals surface area contributed by atoms with E-state index in [1.807, 2.05) is 0 Å². The summed E-state index contributed by atoms with van der Waals surface area (Å²) in [6.45, 7) is 0.127. The Hall–Kier alpha value is -2.82. The van der Waals surface area contributed by atoms with Gasteiger partial charge in [-0.05, 0) is 23.8 Å². The van der Waals surface area contributed by atoms with Crippen LogP contribution < -0.4 is 10.6 Å². The highest BCUT2D eigenvalue weighted by Crippen LogP contribution is 2.37. The van der Waals surface area contributed by atoms with E-state index in [-0.39, 0.29) is 12.5 Å². The number of fused-ring (bicyclic) bond motifs is 1. The zero-order valence-electron chi connectivity index (χ0n) is 11.2. The molecule has 1 heterocycles. The molecule has 0 saturated carbocycles. The standard InChI is InChI=1S/C16H14N2O3/c17-13-7-3-1-6-11(13)15(19)18-9-12(16(20)21)10-5-2-4-8-14(10)18/h1-8,12H,9,17H2,(H,20,21). The number of carboxylic acid groups (broad SMARTS) is 1. The third kappa shape index (κ3) is 2.12. The van der Waals surface area contributed by atoms with Crippen LogP contribution in [0.5, 0.6) is 0 Å². The molecule has 3 rings (SSSR count). The molecule has 5 heteroatoms. The van der Waals surface area contributed by atoms with Crippen molar-refractivity contribution in [3.05, 3.63) is 59.7 Å². The Morgan fingerprint density at radius 3 is 2.48 bits per heavy atom. The van der Waals surface area contributed by atoms with Crippen molar-refractivity contribution in [2.24, 2.45) is 0 Å². The smallest absolute Gasteiger partial charge is 0.312 e. The summed E-state index contributed by atoms with van der Waals surface area (Å²) in [4.78, 5) is 25.5. The third-order valence-corrected chi connectivity index (χ3v) is 3.70. The van der Waals surface area contributed by atoms with E-state index in [9.17, 15) is 14.7 Å². The van der Waals surface area contributed by atoms with E-state index in [4.69, 9.17) is 5.73 Å². The Balaban J connectivity index is 2.03. The lowest BCUT2D eigenvalue weighted by Gasteiger charge is -2.18. The number of benzene rings is 2. The van der Waals surface area contributed by atoms with E-state index in [1.54, 1.807) is 48.5 Å². The molecule has 1 amide bonds. The normalized spacial score (nSPS) is 16.6. The van der Waals surface area contributed by atoms with Crippen LogP contribution in [0, 0.1) is 0 Å². The fraction of sp³-hybridized carbons (Fsp3) is 0.125. The predicted octanol–water partition coefficient (Wildman–Crippen LogP) is 2.10. The molecule has 1 aliphatic heterocycles. The molecule has 0 aromatic heterocycles. The van der Waals surface area contributed by atoms with Gasteiger partial charge in [-0.25, -0.2) is 0 Å². The van der Waals surface area contributed by atoms with Crippen LogP contribution in [-0.2, 0) is 4.79 Å². The highest BCUT2D eigenvalue weighted by Gasteiger charge is 2.36. The molecule has 5 nitrogen and oxygen atoms in total. The summed E-state index contributed by atoms with van der Waals surface area (Å²) in [7, 11) is 0. The van der Waals surface area contributed by atoms with Gasteiger partial charge in [0.1, 0.15) is 5.92 Å². The van der Waals surface area contributed by atoms with Gasteiger partial charge in [0.15, 0.2) is 0 Å². The predicted molar refractivity (Wildman–Crippen MR) is 79.3 cm³/mol. The van der Waals surface area contributed by atoms with Crippen LogP contribution in [0.3, 0.4) is 0 Å². The highest BCUT2D eigenvalue weighted by molar-refractivity contribution is 6.11. The second-order valence-corrected chi connectivity index (χ2v) is 4.95. The summed E-state index contributed by atoms with van der Waals surface area (Å²) in [6, 6.07) is 13.9. The lowest BCUT2D eigenvalue weighted by atomic mass is 10.0. The van der Waals surface area contributed by atoms with Crippen molar-refractivity contribution < 1.29 is 14.7 Å². The minimum atomic E-state index is -0.932. The minimum absolute atomic E-state index is 0.127. The van der Waals surface area contributed by atoms with Crippen LogP contribution in [0.1, 0.15) is 21.8 Å². The number of nitrogens with zero attached hydrogens (tertiary/aromatic N) is 1. The number of aliphatic carboxylic acids is 1. The van der Waals surface area contributed by atoms with Crippen molar-refractivity contribution in [1.82, 2.24) is 0 Å². The second kappa shape index (κ2) is 4.94. The number of amides is 1. The van der Waals surface area contributed by atoms with Crippen molar-refractivity contribution >= 4 is 23.3 Å². The van der Waals surface area contributed by atoms with Crippen LogP contribution >= 0.6 is 0 Å². The number of nitrogen functional groups attached to an aromatic ring is 1. The monoisotopic (exact) mass is 282 g/mol. The van der Waals surface area contributed by atoms with Crippen LogP contribution in [-0.4, -0.2) is 23.5 Å². The van der Waals surface area contributed by atoms with Gasteiger partial charge in [-0.2, -0.15) is 0 Å². The Morgan fingerprint density at radius 1 is 1.10 bits per heavy atom. The van der Waals surface area contributed by atoms with E-state index < -0.39 is 11.9 Å². The van der Waals surface area contributed by atoms with Gasteiger partial charge in [0.2, 0.25) is 0 Å². The molecule has 3 N–H and O–H groups in total. The van der Waals surface area contributed by atoms with Gasteiger partial charge in [-0.15, -0.1) is 0 Å². The number of hydrogen-bond acceptors (Lipinski definition) is 3. The molecule has 1 aliphatic rings. The molecule has 0 aliphatic carbocycles. The topological polar surface area (TPSA) is 83.6 Å². The Morgan fingerprint density at radius 2 is 1.76 bits per heavy atom. The van der Waals surface area contributed by atoms with Crippen LogP contribution in [0.15, 0.2) is 48.5 Å². The van der Waals surface area contributed by atoms with Gasteiger partial charge < -0.3 is 15.7 Å². The van der Waals surface area contributed by atoms with Crippen molar-refractivity contribution in [2.75, 3.05) is 17.2 Å². The van der Waals surface area contributed by atoms with Crippen molar-refractivity contribution in [3.63, 3.8) is 0 Å². The van der Waals surface area contributed by atoms with E-state index in [1.165, 1.54) is 4.90 Å². The number of para-hydroxylation sites is 2. The number of hydrogen-bond donors (Lipinski definition) is 2. The number of carbonyl (C=O) groups is 2. The first-order chi connectivity index (χ1) is 10.1. The Bertz CT molecular complexity index is 727. The molecule has 21 heavy (non-hydrogen) atoms. The number of rotatable bonds is 2. The maximum Gasteiger partial charge on any atom is 0.312 e. The molecule has 2 aromatic rings. The quantitative estimate of drug-likeness (QED) is 0.826. The van der Waals surface area contributed by atoms with E-state index >= 15 is 0 Å². The first-order valence-corrected chi connectivity index (χ1v) is 6.57. The fourth-order valence-electron chi connectivity index (χ4n) is 2.65. The first-order valence-electron chi connectivity index (χ1n) is 6.57. The maximum atomic E-state index is 12.7. The van der Waals surface area contributed by atoms with E-state index in [0.29, 0.717) is 22.5 Å². The molecule has 1 atom stereocenters. The number of nitrogens with two attached hydrogens (primary N) is 1. The molecule has 0 spiro atoms. The van der Waals surface area contributed by atoms with Crippen LogP contribution in [0.4, 0.5) is 11.4 Å². The maximum absolute atomic E-state index is 12.7. The van der Waals surface area contributed by atoms with Gasteiger partial charge in [0.25, 0.3) is 5.91 Å². The van der Waals surface area contributed by atoms with Crippen molar-refractivity contribution in [3.8, 4) is 0 Å². The molecule has 1 unspecified atom stereocenters. The molecule has 0 fully saturated rings. The van der Waals surface area contributed by atoms with Gasteiger partial charge >= 0.3 is 5.97 Å². The fourth-order valence-corrected chi connectivity index (χ4v) is 2.65. The highest BCUT2D eigenvalue weighted by atomic mass is 16.4. The summed E-state index contributed by atoms with van der Waals surface area (Å²) in [5, 5.41) is 9.32. The largest absolute Gasteiger partial charge is 0.481 e. The van der Waals surface area contributed by atoms with E-state index in [2.05, 4.69) is 0 Å². The second-order valence-electron chi connectivity index (χ2n) is 4.95. The SMILES string of the molecule is Nc1ccccc1C(=O)N1CC(C(=O)O)c2ccccc21. The minimum Gasteiger partial charge on any atom is -0.481 e. The lowest BCUT2D eigenvalue weighted by Crippen LogP contribution is -2.31. The summed E-state index contributed by atoms with van der Waals surface area (Å²) < 4.78 is 0. The molecular weight excluding hydrogens is 268 g/mol. The Labute approximate surface area is 121 Å². The lowest BCUT2D eigenvalue weighted by molar-refractivity contribution is -0.138. The molecule has 0 saturated heterocycles. The van der Waals surface area contributed by atoms with Gasteiger partial charge in [-0.1, -0.05) is 30.3 Å². The number of anilines is 2. The first kappa shape index (κ1) is 13.2. The summed E-state index contributed by atoms with van der Waals surface area (Å²) in [5.41, 5.74) is 7.91. The molecule has 0 radical (unpaired) electrons. The number of carbonyl (C=O) groups excluding carboxylic acids is 1. The summed E-state index contributed by atoms with van der Waals surface area (Å²) in [5.74, 6) is -1.90. The third-order valence-electron chi connectivity index (χ3n) is 3.70. The average Bonchev–Trinajstić information content (AvgIpc) is 2.87. The Kier molecular flexibility index (Phi) is 3.10. The van der Waals surface area contributed by atoms with Crippen molar-refractivity contribution in [2.45, 2.75) is 5.92 Å². The number of carboxylic acids is 1. The molecule has 106 valence electrons. The molecule has 0 bridgehead atoms. The average molecular weight is 282 g/mol. The van der Waals surface area contributed by atoms with Crippen LogP contribution in [0.25, 0.3) is 0 Å². The summed E-state index contributed by atoms with van der Waals surface area (Å²) in [6.07, 6.45) is 0. The molecular formula is C16H14N2O3.